The van der Waals surface area contributed by atoms with Crippen LogP contribution in [0.5, 0.6) is 5.75 Å². The van der Waals surface area contributed by atoms with Crippen LogP contribution >= 0.6 is 0 Å². The largest absolute Gasteiger partial charge is 0.489 e. The number of hydrogen-bond acceptors (Lipinski definition) is 6. The Balaban J connectivity index is 1.41. The molecule has 2 amide bonds. The summed E-state index contributed by atoms with van der Waals surface area (Å²) in [6.45, 7) is 0.00328. The molecule has 8 nitrogen and oxygen atoms in total. The standard InChI is InChI=1S/C19H16N4O4/c24-18-14(11-26-15-9-5-4-8-13(15)20-18)21-19(25)17-22-16(27-23-17)10-12-6-2-1-3-7-12/h1-9,14H,10-11H2,(H,20,24)(H,21,25). The summed E-state index contributed by atoms with van der Waals surface area (Å²) in [6.07, 6.45) is 0.420. The summed E-state index contributed by atoms with van der Waals surface area (Å²) < 4.78 is 10.7. The minimum atomic E-state index is -0.874. The maximum Gasteiger partial charge on any atom is 0.293 e. The van der Waals surface area contributed by atoms with Gasteiger partial charge in [0.25, 0.3) is 17.6 Å². The van der Waals surface area contributed by atoms with E-state index in [0.29, 0.717) is 23.7 Å². The molecule has 2 N–H and O–H groups in total. The van der Waals surface area contributed by atoms with Crippen LogP contribution in [0.1, 0.15) is 22.1 Å². The number of amides is 2. The molecule has 0 saturated carbocycles. The van der Waals surface area contributed by atoms with Gasteiger partial charge in [0.15, 0.2) is 0 Å². The van der Waals surface area contributed by atoms with E-state index in [1.54, 1.807) is 24.3 Å². The van der Waals surface area contributed by atoms with Gasteiger partial charge in [-0.25, -0.2) is 0 Å². The van der Waals surface area contributed by atoms with E-state index in [2.05, 4.69) is 20.8 Å². The first kappa shape index (κ1) is 16.8. The Morgan fingerprint density at radius 1 is 1.15 bits per heavy atom. The number of carbonyl (C=O) groups is 2. The zero-order valence-electron chi connectivity index (χ0n) is 14.2. The van der Waals surface area contributed by atoms with Gasteiger partial charge in [0.05, 0.1) is 12.1 Å². The predicted octanol–water partition coefficient (Wildman–Crippen LogP) is 1.79. The quantitative estimate of drug-likeness (QED) is 0.731. The maximum atomic E-state index is 12.4. The second-order valence-electron chi connectivity index (χ2n) is 6.00. The van der Waals surface area contributed by atoms with Crippen molar-refractivity contribution < 1.29 is 18.8 Å². The number of anilines is 1. The monoisotopic (exact) mass is 364 g/mol. The van der Waals surface area contributed by atoms with Gasteiger partial charge in [-0.1, -0.05) is 47.6 Å². The number of rotatable bonds is 4. The topological polar surface area (TPSA) is 106 Å². The summed E-state index contributed by atoms with van der Waals surface area (Å²) in [5.74, 6) is -0.239. The first-order valence-corrected chi connectivity index (χ1v) is 8.39. The summed E-state index contributed by atoms with van der Waals surface area (Å²) in [7, 11) is 0. The van der Waals surface area contributed by atoms with Crippen molar-refractivity contribution in [1.82, 2.24) is 15.5 Å². The molecule has 27 heavy (non-hydrogen) atoms. The molecule has 1 aliphatic rings. The molecule has 0 aliphatic carbocycles. The number of aromatic nitrogens is 2. The number of hydrogen-bond donors (Lipinski definition) is 2. The van der Waals surface area contributed by atoms with Crippen LogP contribution in [-0.2, 0) is 11.2 Å². The lowest BCUT2D eigenvalue weighted by Gasteiger charge is -2.13. The summed E-state index contributed by atoms with van der Waals surface area (Å²) in [4.78, 5) is 28.8. The highest BCUT2D eigenvalue weighted by Gasteiger charge is 2.28. The molecule has 4 rings (SSSR count). The highest BCUT2D eigenvalue weighted by molar-refractivity contribution is 6.01. The summed E-state index contributed by atoms with van der Waals surface area (Å²) in [6, 6.07) is 15.8. The van der Waals surface area contributed by atoms with Gasteiger partial charge in [0, 0.05) is 0 Å². The smallest absolute Gasteiger partial charge is 0.293 e. The number of fused-ring (bicyclic) bond motifs is 1. The van der Waals surface area contributed by atoms with Crippen molar-refractivity contribution in [3.8, 4) is 5.75 Å². The lowest BCUT2D eigenvalue weighted by atomic mass is 10.1. The van der Waals surface area contributed by atoms with Crippen molar-refractivity contribution >= 4 is 17.5 Å². The predicted molar refractivity (Wildman–Crippen MR) is 95.4 cm³/mol. The van der Waals surface area contributed by atoms with E-state index in [-0.39, 0.29) is 18.3 Å². The Labute approximate surface area is 154 Å². The van der Waals surface area contributed by atoms with Gasteiger partial charge in [-0.2, -0.15) is 4.98 Å². The number of nitrogens with zero attached hydrogens (tertiary/aromatic N) is 2. The zero-order chi connectivity index (χ0) is 18.6. The summed E-state index contributed by atoms with van der Waals surface area (Å²) in [5.41, 5.74) is 1.55. The number of nitrogens with one attached hydrogen (secondary N) is 2. The third-order valence-corrected chi connectivity index (χ3v) is 4.04. The van der Waals surface area contributed by atoms with Crippen LogP contribution in [0.3, 0.4) is 0 Å². The van der Waals surface area contributed by atoms with Crippen LogP contribution in [0.4, 0.5) is 5.69 Å². The van der Waals surface area contributed by atoms with Gasteiger partial charge in [-0.3, -0.25) is 9.59 Å². The first-order chi connectivity index (χ1) is 13.2. The SMILES string of the molecule is O=C(NC1COc2ccccc2NC1=O)c1noc(Cc2ccccc2)n1. The summed E-state index contributed by atoms with van der Waals surface area (Å²) in [5, 5.41) is 9.00. The molecule has 2 heterocycles. The summed E-state index contributed by atoms with van der Waals surface area (Å²) >= 11 is 0. The van der Waals surface area contributed by atoms with Gasteiger partial charge < -0.3 is 19.9 Å². The second-order valence-corrected chi connectivity index (χ2v) is 6.00. The molecule has 0 bridgehead atoms. The van der Waals surface area contributed by atoms with Gasteiger partial charge in [-0.15, -0.1) is 0 Å². The van der Waals surface area contributed by atoms with Gasteiger partial charge in [-0.05, 0) is 17.7 Å². The van der Waals surface area contributed by atoms with Crippen molar-refractivity contribution in [3.63, 3.8) is 0 Å². The van der Waals surface area contributed by atoms with Crippen LogP contribution in [0, 0.1) is 0 Å². The molecule has 3 aromatic rings. The minimum absolute atomic E-state index is 0.00328. The number of carbonyl (C=O) groups excluding carboxylic acids is 2. The van der Waals surface area contributed by atoms with Crippen molar-refractivity contribution in [2.24, 2.45) is 0 Å². The van der Waals surface area contributed by atoms with E-state index < -0.39 is 11.9 Å². The van der Waals surface area contributed by atoms with E-state index in [1.165, 1.54) is 0 Å². The molecule has 8 heteroatoms. The zero-order valence-corrected chi connectivity index (χ0v) is 14.2. The highest BCUT2D eigenvalue weighted by atomic mass is 16.5. The Kier molecular flexibility index (Phi) is 4.52. The van der Waals surface area contributed by atoms with Gasteiger partial charge >= 0.3 is 0 Å². The maximum absolute atomic E-state index is 12.4. The molecule has 0 saturated heterocycles. The van der Waals surface area contributed by atoms with Gasteiger partial charge in [0.2, 0.25) is 5.89 Å². The molecule has 0 radical (unpaired) electrons. The molecular weight excluding hydrogens is 348 g/mol. The number of para-hydroxylation sites is 2. The highest BCUT2D eigenvalue weighted by Crippen LogP contribution is 2.26. The Morgan fingerprint density at radius 3 is 2.78 bits per heavy atom. The lowest BCUT2D eigenvalue weighted by molar-refractivity contribution is -0.118. The number of ether oxygens (including phenoxy) is 1. The van der Waals surface area contributed by atoms with E-state index >= 15 is 0 Å². The van der Waals surface area contributed by atoms with Crippen molar-refractivity contribution in [2.75, 3.05) is 11.9 Å². The Morgan fingerprint density at radius 2 is 1.93 bits per heavy atom. The Bertz CT molecular complexity index is 971. The minimum Gasteiger partial charge on any atom is -0.489 e. The fourth-order valence-electron chi connectivity index (χ4n) is 2.68. The molecule has 1 unspecified atom stereocenters. The molecular formula is C19H16N4O4. The van der Waals surface area contributed by atoms with Crippen LogP contribution in [0.2, 0.25) is 0 Å². The van der Waals surface area contributed by atoms with E-state index in [4.69, 9.17) is 9.26 Å². The second kappa shape index (κ2) is 7.28. The fraction of sp³-hybridized carbons (Fsp3) is 0.158. The van der Waals surface area contributed by atoms with Crippen LogP contribution in [0.15, 0.2) is 59.1 Å². The third kappa shape index (κ3) is 3.79. The van der Waals surface area contributed by atoms with E-state index in [1.807, 2.05) is 30.3 Å². The molecule has 0 fully saturated rings. The first-order valence-electron chi connectivity index (χ1n) is 8.39. The van der Waals surface area contributed by atoms with Crippen molar-refractivity contribution in [3.05, 3.63) is 71.9 Å². The molecule has 2 aromatic carbocycles. The molecule has 1 aliphatic heterocycles. The van der Waals surface area contributed by atoms with Crippen LogP contribution in [-0.4, -0.2) is 34.6 Å². The number of benzene rings is 2. The van der Waals surface area contributed by atoms with Crippen LogP contribution in [0.25, 0.3) is 0 Å². The van der Waals surface area contributed by atoms with E-state index in [0.717, 1.165) is 5.56 Å². The average molecular weight is 364 g/mol. The fourth-order valence-corrected chi connectivity index (χ4v) is 2.68. The average Bonchev–Trinajstić information content (AvgIpc) is 3.09. The normalized spacial score (nSPS) is 15.9. The van der Waals surface area contributed by atoms with Crippen LogP contribution < -0.4 is 15.4 Å². The lowest BCUT2D eigenvalue weighted by Crippen LogP contribution is -2.46. The van der Waals surface area contributed by atoms with E-state index in [9.17, 15) is 9.59 Å². The third-order valence-electron chi connectivity index (χ3n) is 4.04. The Hall–Kier alpha value is -3.68. The molecule has 1 atom stereocenters. The molecule has 136 valence electrons. The van der Waals surface area contributed by atoms with Crippen molar-refractivity contribution in [1.29, 1.82) is 0 Å². The molecule has 1 aromatic heterocycles. The van der Waals surface area contributed by atoms with Crippen molar-refractivity contribution in [2.45, 2.75) is 12.5 Å². The molecule has 0 spiro atoms. The van der Waals surface area contributed by atoms with Gasteiger partial charge in [0.1, 0.15) is 18.4 Å².